The Labute approximate surface area is 79.8 Å². The normalized spacial score (nSPS) is 9.92. The fourth-order valence-corrected chi connectivity index (χ4v) is 1.09. The van der Waals surface area contributed by atoms with Crippen molar-refractivity contribution in [2.45, 2.75) is 0 Å². The van der Waals surface area contributed by atoms with Crippen LogP contribution >= 0.6 is 0 Å². The van der Waals surface area contributed by atoms with E-state index in [2.05, 4.69) is 18.5 Å². The van der Waals surface area contributed by atoms with Gasteiger partial charge in [0.25, 0.3) is 0 Å². The molecule has 1 aromatic rings. The van der Waals surface area contributed by atoms with Gasteiger partial charge in [-0.1, -0.05) is 42.5 Å². The first-order chi connectivity index (χ1) is 6.38. The second-order valence-corrected chi connectivity index (χ2v) is 2.65. The monoisotopic (exact) mass is 172 g/mol. The van der Waals surface area contributed by atoms with Crippen LogP contribution in [0.4, 0.5) is 0 Å². The summed E-state index contributed by atoms with van der Waals surface area (Å²) in [5.41, 5.74) is 1.15. The molecule has 0 saturated heterocycles. The zero-order valence-electron chi connectivity index (χ0n) is 7.66. The summed E-state index contributed by atoms with van der Waals surface area (Å²) in [6.07, 6.45) is 3.64. The summed E-state index contributed by atoms with van der Waals surface area (Å²) in [7, 11) is 0. The van der Waals surface area contributed by atoms with Gasteiger partial charge in [0.1, 0.15) is 0 Å². The summed E-state index contributed by atoms with van der Waals surface area (Å²) in [6.45, 7) is 8.17. The Morgan fingerprint density at radius 1 is 1.23 bits per heavy atom. The van der Waals surface area contributed by atoms with Crippen molar-refractivity contribution in [3.63, 3.8) is 0 Å². The molecule has 0 aromatic heterocycles. The molecule has 67 valence electrons. The third-order valence-corrected chi connectivity index (χ3v) is 1.73. The van der Waals surface area contributed by atoms with Gasteiger partial charge in [-0.3, -0.25) is 5.32 Å². The molecule has 0 bridgehead atoms. The molecule has 0 aliphatic carbocycles. The van der Waals surface area contributed by atoms with Gasteiger partial charge in [0.2, 0.25) is 0 Å². The Bertz CT molecular complexity index is 264. The summed E-state index contributed by atoms with van der Waals surface area (Å²) >= 11 is 0. The van der Waals surface area contributed by atoms with Crippen LogP contribution in [0.2, 0.25) is 0 Å². The van der Waals surface area contributed by atoms with Crippen LogP contribution in [-0.2, 0) is 0 Å². The van der Waals surface area contributed by atoms with Crippen LogP contribution in [0.25, 0.3) is 0 Å². The molecular weight excluding hydrogens is 158 g/mol. The van der Waals surface area contributed by atoms with Gasteiger partial charge in [0, 0.05) is 6.54 Å². The van der Waals surface area contributed by atoms with E-state index in [0.717, 1.165) is 18.2 Å². The molecule has 13 heavy (non-hydrogen) atoms. The van der Waals surface area contributed by atoms with Gasteiger partial charge < -0.3 is 0 Å². The number of hydrogen-bond donors (Lipinski definition) is 1. The minimum Gasteiger partial charge on any atom is -0.299 e. The highest BCUT2D eigenvalue weighted by Gasteiger charge is 2.04. The van der Waals surface area contributed by atoms with E-state index in [1.165, 1.54) is 0 Å². The molecule has 0 atom stereocenters. The van der Waals surface area contributed by atoms with Crippen LogP contribution in [0.5, 0.6) is 0 Å². The van der Waals surface area contributed by atoms with Crippen molar-refractivity contribution in [2.75, 3.05) is 6.54 Å². The highest BCUT2D eigenvalue weighted by molar-refractivity contribution is 5.34. The van der Waals surface area contributed by atoms with Gasteiger partial charge in [0.15, 0.2) is 0 Å². The van der Waals surface area contributed by atoms with E-state index in [1.54, 1.807) is 0 Å². The van der Waals surface area contributed by atoms with Gasteiger partial charge in [-0.2, -0.15) is 0 Å². The van der Waals surface area contributed by atoms with Gasteiger partial charge >= 0.3 is 0 Å². The first-order valence-corrected chi connectivity index (χ1v) is 4.28. The van der Waals surface area contributed by atoms with E-state index < -0.39 is 0 Å². The van der Waals surface area contributed by atoms with Crippen molar-refractivity contribution in [3.05, 3.63) is 67.2 Å². The summed E-state index contributed by atoms with van der Waals surface area (Å²) in [5, 5.41) is 3.22. The SMILES string of the molecule is C=CCN[C](C=C)c1ccccc1. The molecule has 1 nitrogen and oxygen atoms in total. The average Bonchev–Trinajstić information content (AvgIpc) is 2.21. The van der Waals surface area contributed by atoms with Crippen molar-refractivity contribution in [1.82, 2.24) is 5.32 Å². The van der Waals surface area contributed by atoms with Gasteiger partial charge in [-0.25, -0.2) is 0 Å². The van der Waals surface area contributed by atoms with E-state index in [-0.39, 0.29) is 0 Å². The van der Waals surface area contributed by atoms with E-state index in [0.29, 0.717) is 0 Å². The maximum absolute atomic E-state index is 3.76. The zero-order valence-corrected chi connectivity index (χ0v) is 7.66. The molecule has 0 fully saturated rings. The highest BCUT2D eigenvalue weighted by Crippen LogP contribution is 2.11. The molecule has 0 amide bonds. The lowest BCUT2D eigenvalue weighted by molar-refractivity contribution is 0.846. The Morgan fingerprint density at radius 2 is 1.92 bits per heavy atom. The van der Waals surface area contributed by atoms with Crippen molar-refractivity contribution in [3.8, 4) is 0 Å². The minimum absolute atomic E-state index is 0.760. The maximum atomic E-state index is 3.76. The molecule has 0 aliphatic rings. The van der Waals surface area contributed by atoms with Crippen LogP contribution in [0.15, 0.2) is 55.6 Å². The smallest absolute Gasteiger partial charge is 0.0884 e. The van der Waals surface area contributed by atoms with E-state index >= 15 is 0 Å². The first-order valence-electron chi connectivity index (χ1n) is 4.28. The second kappa shape index (κ2) is 5.33. The van der Waals surface area contributed by atoms with E-state index in [9.17, 15) is 0 Å². The molecule has 1 aromatic carbocycles. The minimum atomic E-state index is 0.760. The molecular formula is C12H14N. The van der Waals surface area contributed by atoms with E-state index in [1.807, 2.05) is 42.5 Å². The molecule has 0 heterocycles. The van der Waals surface area contributed by atoms with Gasteiger partial charge in [-0.15, -0.1) is 13.2 Å². The summed E-state index contributed by atoms with van der Waals surface area (Å²) in [6, 6.07) is 11.2. The maximum Gasteiger partial charge on any atom is 0.0884 e. The molecule has 0 unspecified atom stereocenters. The third-order valence-electron chi connectivity index (χ3n) is 1.73. The summed E-state index contributed by atoms with van der Waals surface area (Å²) in [4.78, 5) is 0. The van der Waals surface area contributed by atoms with Crippen LogP contribution in [-0.4, -0.2) is 6.54 Å². The molecule has 0 spiro atoms. The van der Waals surface area contributed by atoms with Crippen LogP contribution in [0, 0.1) is 6.04 Å². The fraction of sp³-hybridized carbons (Fsp3) is 0.0833. The van der Waals surface area contributed by atoms with Crippen molar-refractivity contribution < 1.29 is 0 Å². The topological polar surface area (TPSA) is 12.0 Å². The summed E-state index contributed by atoms with van der Waals surface area (Å²) < 4.78 is 0. The van der Waals surface area contributed by atoms with Gasteiger partial charge in [-0.05, 0) is 5.56 Å². The molecule has 1 N–H and O–H groups in total. The standard InChI is InChI=1S/C12H14N/c1-3-10-13-12(4-2)11-8-6-5-7-9-11/h3-9,13H,1-2,10H2. The summed E-state index contributed by atoms with van der Waals surface area (Å²) in [5.74, 6) is 0. The van der Waals surface area contributed by atoms with Crippen molar-refractivity contribution in [1.29, 1.82) is 0 Å². The quantitative estimate of drug-likeness (QED) is 0.673. The lowest BCUT2D eigenvalue weighted by Gasteiger charge is -2.11. The third kappa shape index (κ3) is 2.88. The van der Waals surface area contributed by atoms with Gasteiger partial charge in [0.05, 0.1) is 6.04 Å². The zero-order chi connectivity index (χ0) is 9.52. The largest absolute Gasteiger partial charge is 0.299 e. The number of benzene rings is 1. The van der Waals surface area contributed by atoms with Crippen LogP contribution in [0.1, 0.15) is 5.56 Å². The second-order valence-electron chi connectivity index (χ2n) is 2.65. The molecule has 1 heteroatoms. The molecule has 1 radical (unpaired) electrons. The highest BCUT2D eigenvalue weighted by atomic mass is 14.9. The van der Waals surface area contributed by atoms with Crippen molar-refractivity contribution in [2.24, 2.45) is 0 Å². The van der Waals surface area contributed by atoms with Crippen molar-refractivity contribution >= 4 is 0 Å². The fourth-order valence-electron chi connectivity index (χ4n) is 1.09. The number of hydrogen-bond acceptors (Lipinski definition) is 1. The molecule has 0 saturated carbocycles. The van der Waals surface area contributed by atoms with E-state index in [4.69, 9.17) is 0 Å². The van der Waals surface area contributed by atoms with Crippen LogP contribution in [0.3, 0.4) is 0 Å². The lowest BCUT2D eigenvalue weighted by Crippen LogP contribution is -2.19. The number of nitrogens with one attached hydrogen (secondary N) is 1. The Balaban J connectivity index is 2.66. The Morgan fingerprint density at radius 3 is 2.46 bits per heavy atom. The van der Waals surface area contributed by atoms with Crippen LogP contribution < -0.4 is 5.32 Å². The molecule has 0 aliphatic heterocycles. The Kier molecular flexibility index (Phi) is 4.00. The average molecular weight is 172 g/mol. The molecule has 1 rings (SSSR count). The predicted molar refractivity (Wildman–Crippen MR) is 57.2 cm³/mol. The number of rotatable bonds is 5. The Hall–Kier alpha value is -1.34. The first kappa shape index (κ1) is 9.75. The predicted octanol–water partition coefficient (Wildman–Crippen LogP) is 2.53. The lowest BCUT2D eigenvalue weighted by atomic mass is 10.1.